The smallest absolute Gasteiger partial charge is 0.252 e. The summed E-state index contributed by atoms with van der Waals surface area (Å²) in [6, 6.07) is 7.11. The zero-order valence-corrected chi connectivity index (χ0v) is 15.8. The second-order valence-corrected chi connectivity index (χ2v) is 6.96. The number of nitrogens with one attached hydrogen (secondary N) is 2. The van der Waals surface area contributed by atoms with Crippen LogP contribution in [0.15, 0.2) is 34.4 Å². The highest BCUT2D eigenvalue weighted by molar-refractivity contribution is 7.13. The SMILES string of the molecule is CCC(CC)C(=O)Nc1cc(-c2cccs2)nn1-c1nc(C)cc(=O)[nH]1. The van der Waals surface area contributed by atoms with E-state index in [4.69, 9.17) is 0 Å². The van der Waals surface area contributed by atoms with Gasteiger partial charge in [-0.15, -0.1) is 11.3 Å². The van der Waals surface area contributed by atoms with E-state index >= 15 is 0 Å². The molecule has 0 aliphatic heterocycles. The lowest BCUT2D eigenvalue weighted by Gasteiger charge is -2.13. The molecule has 3 rings (SSSR count). The van der Waals surface area contributed by atoms with E-state index in [-0.39, 0.29) is 23.3 Å². The number of hydrogen-bond acceptors (Lipinski definition) is 5. The predicted octanol–water partition coefficient (Wildman–Crippen LogP) is 3.37. The van der Waals surface area contributed by atoms with Crippen molar-refractivity contribution in [3.8, 4) is 16.5 Å². The summed E-state index contributed by atoms with van der Waals surface area (Å²) >= 11 is 1.55. The van der Waals surface area contributed by atoms with Gasteiger partial charge in [0.2, 0.25) is 11.9 Å². The van der Waals surface area contributed by atoms with Crippen LogP contribution in [0.3, 0.4) is 0 Å². The second-order valence-electron chi connectivity index (χ2n) is 6.02. The van der Waals surface area contributed by atoms with Crippen LogP contribution >= 0.6 is 11.3 Å². The lowest BCUT2D eigenvalue weighted by Crippen LogP contribution is -2.24. The molecule has 0 radical (unpaired) electrons. The molecule has 1 amide bonds. The zero-order chi connectivity index (χ0) is 18.7. The van der Waals surface area contributed by atoms with Crippen LogP contribution in [-0.2, 0) is 4.79 Å². The van der Waals surface area contributed by atoms with Gasteiger partial charge < -0.3 is 5.32 Å². The molecule has 0 aliphatic carbocycles. The predicted molar refractivity (Wildman–Crippen MR) is 103 cm³/mol. The van der Waals surface area contributed by atoms with Gasteiger partial charge in [-0.05, 0) is 31.2 Å². The molecule has 0 unspecified atom stereocenters. The van der Waals surface area contributed by atoms with Crippen LogP contribution in [0, 0.1) is 12.8 Å². The summed E-state index contributed by atoms with van der Waals surface area (Å²) < 4.78 is 1.48. The molecule has 0 bridgehead atoms. The quantitative estimate of drug-likeness (QED) is 0.695. The van der Waals surface area contributed by atoms with Crippen LogP contribution in [0.25, 0.3) is 16.5 Å². The van der Waals surface area contributed by atoms with E-state index in [1.165, 1.54) is 10.7 Å². The standard InChI is InChI=1S/C18H21N5O2S/c1-4-12(5-2)17(25)20-15-10-13(14-7-6-8-26-14)22-23(15)18-19-11(3)9-16(24)21-18/h6-10,12H,4-5H2,1-3H3,(H,20,25)(H,19,21,24). The number of aryl methyl sites for hydroxylation is 1. The molecule has 3 heterocycles. The normalized spacial score (nSPS) is 11.1. The number of amides is 1. The Morgan fingerprint density at radius 2 is 2.12 bits per heavy atom. The molecule has 26 heavy (non-hydrogen) atoms. The second kappa shape index (κ2) is 7.65. The molecule has 0 saturated carbocycles. The number of H-pyrrole nitrogens is 1. The highest BCUT2D eigenvalue weighted by atomic mass is 32.1. The van der Waals surface area contributed by atoms with Crippen LogP contribution in [0.1, 0.15) is 32.4 Å². The van der Waals surface area contributed by atoms with Crippen molar-refractivity contribution in [2.45, 2.75) is 33.6 Å². The minimum atomic E-state index is -0.266. The van der Waals surface area contributed by atoms with Gasteiger partial charge in [0.15, 0.2) is 0 Å². The van der Waals surface area contributed by atoms with Gasteiger partial charge in [-0.1, -0.05) is 19.9 Å². The van der Waals surface area contributed by atoms with Crippen LogP contribution in [0.4, 0.5) is 5.82 Å². The van der Waals surface area contributed by atoms with E-state index in [9.17, 15) is 9.59 Å². The lowest BCUT2D eigenvalue weighted by atomic mass is 10.0. The zero-order valence-electron chi connectivity index (χ0n) is 14.9. The molecule has 2 N–H and O–H groups in total. The van der Waals surface area contributed by atoms with Gasteiger partial charge in [-0.2, -0.15) is 9.78 Å². The Labute approximate surface area is 155 Å². The molecule has 0 saturated heterocycles. The van der Waals surface area contributed by atoms with E-state index in [1.807, 2.05) is 31.4 Å². The van der Waals surface area contributed by atoms with Crippen molar-refractivity contribution in [1.29, 1.82) is 0 Å². The molecule has 0 aliphatic rings. The average Bonchev–Trinajstić information content (AvgIpc) is 3.24. The number of anilines is 1. The van der Waals surface area contributed by atoms with Gasteiger partial charge in [-0.3, -0.25) is 14.6 Å². The van der Waals surface area contributed by atoms with Crippen molar-refractivity contribution in [3.63, 3.8) is 0 Å². The highest BCUT2D eigenvalue weighted by Crippen LogP contribution is 2.27. The summed E-state index contributed by atoms with van der Waals surface area (Å²) in [4.78, 5) is 32.4. The van der Waals surface area contributed by atoms with Gasteiger partial charge >= 0.3 is 0 Å². The molecule has 7 nitrogen and oxygen atoms in total. The number of aromatic amines is 1. The Morgan fingerprint density at radius 1 is 1.35 bits per heavy atom. The van der Waals surface area contributed by atoms with Crippen LogP contribution in [-0.4, -0.2) is 25.7 Å². The minimum absolute atomic E-state index is 0.0659. The molecular formula is C18H21N5O2S. The third kappa shape index (κ3) is 3.75. The Morgan fingerprint density at radius 3 is 2.73 bits per heavy atom. The Balaban J connectivity index is 2.06. The Bertz CT molecular complexity index is 954. The lowest BCUT2D eigenvalue weighted by molar-refractivity contribution is -0.120. The molecule has 0 fully saturated rings. The molecule has 3 aromatic heterocycles. The minimum Gasteiger partial charge on any atom is -0.310 e. The Kier molecular flexibility index (Phi) is 5.32. The van der Waals surface area contributed by atoms with Crippen molar-refractivity contribution >= 4 is 23.1 Å². The van der Waals surface area contributed by atoms with Crippen molar-refractivity contribution < 1.29 is 4.79 Å². The van der Waals surface area contributed by atoms with Crippen LogP contribution in [0.2, 0.25) is 0 Å². The molecule has 0 spiro atoms. The van der Waals surface area contributed by atoms with Gasteiger partial charge in [0.25, 0.3) is 5.56 Å². The number of nitrogens with zero attached hydrogens (tertiary/aromatic N) is 3. The monoisotopic (exact) mass is 371 g/mol. The number of carbonyl (C=O) groups excluding carboxylic acids is 1. The summed E-state index contributed by atoms with van der Waals surface area (Å²) in [7, 11) is 0. The maximum Gasteiger partial charge on any atom is 0.252 e. The number of carbonyl (C=O) groups is 1. The summed E-state index contributed by atoms with van der Waals surface area (Å²) in [6.07, 6.45) is 1.52. The first-order valence-electron chi connectivity index (χ1n) is 8.55. The topological polar surface area (TPSA) is 92.7 Å². The maximum absolute atomic E-state index is 12.5. The van der Waals surface area contributed by atoms with E-state index in [2.05, 4.69) is 20.4 Å². The van der Waals surface area contributed by atoms with E-state index in [0.717, 1.165) is 17.7 Å². The third-order valence-electron chi connectivity index (χ3n) is 4.15. The van der Waals surface area contributed by atoms with Gasteiger partial charge in [-0.25, -0.2) is 4.98 Å². The average molecular weight is 371 g/mol. The van der Waals surface area contributed by atoms with Crippen molar-refractivity contribution in [1.82, 2.24) is 19.7 Å². The first kappa shape index (κ1) is 18.1. The van der Waals surface area contributed by atoms with Gasteiger partial charge in [0.1, 0.15) is 11.5 Å². The number of hydrogen-bond donors (Lipinski definition) is 2. The fourth-order valence-electron chi connectivity index (χ4n) is 2.73. The van der Waals surface area contributed by atoms with Crippen molar-refractivity contribution in [2.75, 3.05) is 5.32 Å². The maximum atomic E-state index is 12.5. The Hall–Kier alpha value is -2.74. The van der Waals surface area contributed by atoms with E-state index in [1.54, 1.807) is 24.3 Å². The highest BCUT2D eigenvalue weighted by Gasteiger charge is 2.19. The fraction of sp³-hybridized carbons (Fsp3) is 0.333. The van der Waals surface area contributed by atoms with Crippen LogP contribution < -0.4 is 10.9 Å². The number of aromatic nitrogens is 4. The third-order valence-corrected chi connectivity index (χ3v) is 5.04. The first-order valence-corrected chi connectivity index (χ1v) is 9.43. The van der Waals surface area contributed by atoms with Gasteiger partial charge in [0.05, 0.1) is 4.88 Å². The number of thiophene rings is 1. The van der Waals surface area contributed by atoms with E-state index < -0.39 is 0 Å². The molecule has 3 aromatic rings. The van der Waals surface area contributed by atoms with Crippen LogP contribution in [0.5, 0.6) is 0 Å². The summed E-state index contributed by atoms with van der Waals surface area (Å²) in [5.41, 5.74) is 1.02. The summed E-state index contributed by atoms with van der Waals surface area (Å²) in [5.74, 6) is 0.619. The molecular weight excluding hydrogens is 350 g/mol. The first-order chi connectivity index (χ1) is 12.5. The number of rotatable bonds is 6. The van der Waals surface area contributed by atoms with Crippen molar-refractivity contribution in [3.05, 3.63) is 45.7 Å². The molecule has 136 valence electrons. The van der Waals surface area contributed by atoms with Crippen molar-refractivity contribution in [2.24, 2.45) is 5.92 Å². The van der Waals surface area contributed by atoms with Gasteiger partial charge in [0, 0.05) is 23.7 Å². The van der Waals surface area contributed by atoms with E-state index in [0.29, 0.717) is 17.2 Å². The molecule has 0 atom stereocenters. The fourth-order valence-corrected chi connectivity index (χ4v) is 3.41. The summed E-state index contributed by atoms with van der Waals surface area (Å²) in [6.45, 7) is 5.72. The largest absolute Gasteiger partial charge is 0.310 e. The summed E-state index contributed by atoms with van der Waals surface area (Å²) in [5, 5.41) is 9.45. The molecule has 0 aromatic carbocycles. The molecule has 8 heteroatoms.